The van der Waals surface area contributed by atoms with Gasteiger partial charge in [0.15, 0.2) is 0 Å². The van der Waals surface area contributed by atoms with Gasteiger partial charge in [0, 0.05) is 12.5 Å². The molecule has 1 aromatic rings. The third kappa shape index (κ3) is 2.62. The van der Waals surface area contributed by atoms with Gasteiger partial charge in [-0.25, -0.2) is 4.39 Å². The minimum Gasteiger partial charge on any atom is -0.481 e. The molecule has 1 heterocycles. The van der Waals surface area contributed by atoms with Crippen LogP contribution in [0.4, 0.5) is 4.39 Å². The van der Waals surface area contributed by atoms with Crippen molar-refractivity contribution in [1.82, 2.24) is 4.90 Å². The largest absolute Gasteiger partial charge is 0.481 e. The molecule has 2 fully saturated rings. The molecule has 3 rings (SSSR count). The van der Waals surface area contributed by atoms with Crippen molar-refractivity contribution in [3.63, 3.8) is 0 Å². The molecule has 1 atom stereocenters. The fraction of sp³-hybridized carbons (Fsp3) is 0.471. The van der Waals surface area contributed by atoms with Gasteiger partial charge in [0.1, 0.15) is 5.82 Å². The first-order valence-electron chi connectivity index (χ1n) is 7.78. The molecule has 5 nitrogen and oxygen atoms in total. The van der Waals surface area contributed by atoms with E-state index in [0.717, 1.165) is 31.7 Å². The second kappa shape index (κ2) is 5.76. The molecule has 1 saturated heterocycles. The van der Waals surface area contributed by atoms with Crippen LogP contribution in [-0.4, -0.2) is 33.8 Å². The Balaban J connectivity index is 2.04. The fourth-order valence-electron chi connectivity index (χ4n) is 3.80. The van der Waals surface area contributed by atoms with Crippen molar-refractivity contribution in [2.75, 3.05) is 0 Å². The summed E-state index contributed by atoms with van der Waals surface area (Å²) in [4.78, 5) is 38.0. The number of carboxylic acids is 1. The maximum absolute atomic E-state index is 13.6. The van der Waals surface area contributed by atoms with Crippen LogP contribution in [0.1, 0.15) is 44.1 Å². The topological polar surface area (TPSA) is 74.7 Å². The summed E-state index contributed by atoms with van der Waals surface area (Å²) in [5, 5.41) is 9.25. The van der Waals surface area contributed by atoms with Gasteiger partial charge in [-0.05, 0) is 30.5 Å². The molecule has 0 unspecified atom stereocenters. The molecule has 1 aliphatic carbocycles. The molecule has 6 heteroatoms. The summed E-state index contributed by atoms with van der Waals surface area (Å²) in [7, 11) is 0. The van der Waals surface area contributed by atoms with Crippen molar-refractivity contribution in [3.05, 3.63) is 35.6 Å². The summed E-state index contributed by atoms with van der Waals surface area (Å²) in [6.07, 6.45) is 2.69. The average Bonchev–Trinajstić information content (AvgIpc) is 3.06. The highest BCUT2D eigenvalue weighted by Crippen LogP contribution is 2.42. The minimum atomic E-state index is -1.49. The minimum absolute atomic E-state index is 0.153. The van der Waals surface area contributed by atoms with Gasteiger partial charge >= 0.3 is 5.97 Å². The quantitative estimate of drug-likeness (QED) is 0.864. The maximum atomic E-state index is 13.6. The molecule has 1 N–H and O–H groups in total. The number of rotatable bonds is 4. The highest BCUT2D eigenvalue weighted by Gasteiger charge is 2.55. The normalized spacial score (nSPS) is 25.3. The average molecular weight is 319 g/mol. The van der Waals surface area contributed by atoms with Crippen LogP contribution in [0.5, 0.6) is 0 Å². The Morgan fingerprint density at radius 3 is 2.61 bits per heavy atom. The van der Waals surface area contributed by atoms with E-state index in [2.05, 4.69) is 0 Å². The second-order valence-electron chi connectivity index (χ2n) is 6.35. The standard InChI is InChI=1S/C17H18FNO4/c18-12-5-3-4-11(8-12)17(10-15(21)22)9-14(20)19(16(17)23)13-6-1-2-7-13/h3-5,8,13H,1-2,6-7,9-10H2,(H,21,22)/t17-/m1/s1. The van der Waals surface area contributed by atoms with Gasteiger partial charge in [-0.15, -0.1) is 0 Å². The van der Waals surface area contributed by atoms with Crippen molar-refractivity contribution in [3.8, 4) is 0 Å². The Labute approximate surface area is 133 Å². The molecule has 1 aromatic carbocycles. The molecule has 0 spiro atoms. The Hall–Kier alpha value is -2.24. The SMILES string of the molecule is O=C(O)C[C@@]1(c2cccc(F)c2)CC(=O)N(C2CCCC2)C1=O. The van der Waals surface area contributed by atoms with E-state index in [0.29, 0.717) is 0 Å². The van der Waals surface area contributed by atoms with Crippen LogP contribution in [0.25, 0.3) is 0 Å². The lowest BCUT2D eigenvalue weighted by molar-refractivity contribution is -0.146. The van der Waals surface area contributed by atoms with Crippen LogP contribution < -0.4 is 0 Å². The molecular weight excluding hydrogens is 301 g/mol. The number of imide groups is 1. The zero-order chi connectivity index (χ0) is 16.6. The maximum Gasteiger partial charge on any atom is 0.304 e. The number of benzene rings is 1. The third-order valence-corrected chi connectivity index (χ3v) is 4.87. The van der Waals surface area contributed by atoms with E-state index in [1.54, 1.807) is 0 Å². The van der Waals surface area contributed by atoms with Gasteiger partial charge < -0.3 is 5.11 Å². The van der Waals surface area contributed by atoms with E-state index in [1.165, 1.54) is 23.1 Å². The number of aliphatic carboxylic acids is 1. The lowest BCUT2D eigenvalue weighted by atomic mass is 9.76. The van der Waals surface area contributed by atoms with Gasteiger partial charge in [0.25, 0.3) is 0 Å². The Kier molecular flexibility index (Phi) is 3.92. The number of carboxylic acid groups (broad SMARTS) is 1. The van der Waals surface area contributed by atoms with Crippen LogP contribution in [0, 0.1) is 5.82 Å². The predicted octanol–water partition coefficient (Wildman–Crippen LogP) is 2.24. The van der Waals surface area contributed by atoms with Crippen molar-refractivity contribution in [2.45, 2.75) is 50.0 Å². The van der Waals surface area contributed by atoms with Crippen molar-refractivity contribution in [2.24, 2.45) is 0 Å². The van der Waals surface area contributed by atoms with Crippen LogP contribution in [0.2, 0.25) is 0 Å². The van der Waals surface area contributed by atoms with E-state index >= 15 is 0 Å². The number of carbonyl (C=O) groups excluding carboxylic acids is 2. The second-order valence-corrected chi connectivity index (χ2v) is 6.35. The Bertz CT molecular complexity index is 668. The summed E-state index contributed by atoms with van der Waals surface area (Å²) in [6.45, 7) is 0. The van der Waals surface area contributed by atoms with Gasteiger partial charge in [-0.1, -0.05) is 25.0 Å². The smallest absolute Gasteiger partial charge is 0.304 e. The van der Waals surface area contributed by atoms with Gasteiger partial charge in [-0.3, -0.25) is 19.3 Å². The summed E-state index contributed by atoms with van der Waals surface area (Å²) >= 11 is 0. The molecule has 1 saturated carbocycles. The Morgan fingerprint density at radius 2 is 2.00 bits per heavy atom. The number of nitrogens with zero attached hydrogens (tertiary/aromatic N) is 1. The number of halogens is 1. The number of hydrogen-bond donors (Lipinski definition) is 1. The third-order valence-electron chi connectivity index (χ3n) is 4.87. The van der Waals surface area contributed by atoms with Crippen LogP contribution >= 0.6 is 0 Å². The highest BCUT2D eigenvalue weighted by molar-refractivity contribution is 6.10. The molecule has 122 valence electrons. The lowest BCUT2D eigenvalue weighted by Crippen LogP contribution is -2.44. The molecular formula is C17H18FNO4. The zero-order valence-electron chi connectivity index (χ0n) is 12.6. The van der Waals surface area contributed by atoms with Crippen molar-refractivity contribution < 1.29 is 23.9 Å². The van der Waals surface area contributed by atoms with E-state index in [4.69, 9.17) is 0 Å². The number of likely N-dealkylation sites (tertiary alicyclic amines) is 1. The molecule has 0 bridgehead atoms. The first-order chi connectivity index (χ1) is 10.9. The van der Waals surface area contributed by atoms with Crippen LogP contribution in [-0.2, 0) is 19.8 Å². The zero-order valence-corrected chi connectivity index (χ0v) is 12.6. The molecule has 2 aliphatic rings. The summed E-state index contributed by atoms with van der Waals surface area (Å²) in [5.41, 5.74) is -1.23. The van der Waals surface area contributed by atoms with E-state index in [-0.39, 0.29) is 23.9 Å². The summed E-state index contributed by atoms with van der Waals surface area (Å²) in [6, 6.07) is 5.19. The van der Waals surface area contributed by atoms with Gasteiger partial charge in [0.2, 0.25) is 11.8 Å². The monoisotopic (exact) mass is 319 g/mol. The summed E-state index contributed by atoms with van der Waals surface area (Å²) in [5.74, 6) is -2.58. The number of hydrogen-bond acceptors (Lipinski definition) is 3. The number of carbonyl (C=O) groups is 3. The fourth-order valence-corrected chi connectivity index (χ4v) is 3.80. The lowest BCUT2D eigenvalue weighted by Gasteiger charge is -2.28. The van der Waals surface area contributed by atoms with E-state index in [1.807, 2.05) is 0 Å². The molecule has 0 aromatic heterocycles. The van der Waals surface area contributed by atoms with Gasteiger partial charge in [0.05, 0.1) is 11.8 Å². The first kappa shape index (κ1) is 15.6. The molecule has 1 aliphatic heterocycles. The van der Waals surface area contributed by atoms with E-state index in [9.17, 15) is 23.9 Å². The molecule has 23 heavy (non-hydrogen) atoms. The van der Waals surface area contributed by atoms with E-state index < -0.39 is 29.5 Å². The number of amides is 2. The van der Waals surface area contributed by atoms with Crippen LogP contribution in [0.15, 0.2) is 24.3 Å². The summed E-state index contributed by atoms with van der Waals surface area (Å²) < 4.78 is 13.6. The highest BCUT2D eigenvalue weighted by atomic mass is 19.1. The van der Waals surface area contributed by atoms with Crippen molar-refractivity contribution in [1.29, 1.82) is 0 Å². The first-order valence-corrected chi connectivity index (χ1v) is 7.78. The predicted molar refractivity (Wildman–Crippen MR) is 79.1 cm³/mol. The molecule has 0 radical (unpaired) electrons. The van der Waals surface area contributed by atoms with Gasteiger partial charge in [-0.2, -0.15) is 0 Å². The van der Waals surface area contributed by atoms with Crippen molar-refractivity contribution >= 4 is 17.8 Å². The Morgan fingerprint density at radius 1 is 1.30 bits per heavy atom. The van der Waals surface area contributed by atoms with Crippen LogP contribution in [0.3, 0.4) is 0 Å². The molecule has 2 amide bonds.